The molecule has 2 aromatic rings. The molecular weight excluding hydrogens is 594 g/mol. The van der Waals surface area contributed by atoms with Gasteiger partial charge in [0.2, 0.25) is 5.91 Å². The Morgan fingerprint density at radius 3 is 2.42 bits per heavy atom. The lowest BCUT2D eigenvalue weighted by atomic mass is 9.81. The summed E-state index contributed by atoms with van der Waals surface area (Å²) >= 11 is 0. The lowest BCUT2D eigenvalue weighted by Gasteiger charge is -2.36. The SMILES string of the molecule is C=S1(=O)CCC2(/C=C/c3ccc4ccc(nc4c3)[C@@H](C)NC(=O)[C@@H]3CCCN(N3)C(=O)[C@H](C)NC(=O)[C@H](C(C)C)OC2=O)CC1. The molecule has 3 aliphatic heterocycles. The molecule has 3 amide bonds. The molecule has 3 aliphatic rings. The van der Waals surface area contributed by atoms with Gasteiger partial charge in [-0.2, -0.15) is 0 Å². The van der Waals surface area contributed by atoms with Crippen LogP contribution in [-0.4, -0.2) is 80.0 Å². The first kappa shape index (κ1) is 32.6. The number of esters is 1. The second kappa shape index (κ2) is 12.9. The number of hydrogen-bond acceptors (Lipinski definition) is 8. The number of fused-ring (bicyclic) bond motifs is 4. The van der Waals surface area contributed by atoms with Crippen molar-refractivity contribution in [3.63, 3.8) is 0 Å². The van der Waals surface area contributed by atoms with E-state index in [0.29, 0.717) is 25.1 Å². The number of aromatic nitrogens is 1. The molecule has 1 spiro atoms. The molecule has 11 nitrogen and oxygen atoms in total. The zero-order valence-electron chi connectivity index (χ0n) is 26.3. The van der Waals surface area contributed by atoms with Crippen molar-refractivity contribution in [2.45, 2.75) is 77.6 Å². The summed E-state index contributed by atoms with van der Waals surface area (Å²) in [5.41, 5.74) is 4.13. The molecule has 5 rings (SSSR count). The standard InChI is InChI=1S/C33H43N5O6S/c1-20(2)28-30(40)35-22(4)31(41)38-16-6-7-26(37-38)29(39)34-21(3)25-11-10-24-9-8-23(19-27(24)36-25)12-13-33(32(42)44-28)14-17-45(5,43)18-15-33/h8-13,19-22,26,28,37H,5-7,14-18H2,1-4H3,(H,34,39)(H,35,40)/b13-12+/t21-,22+,26+,28+,33?,45?/m1/s1. The number of benzene rings is 1. The summed E-state index contributed by atoms with van der Waals surface area (Å²) in [5.74, 6) is 2.17. The first-order valence-electron chi connectivity index (χ1n) is 15.6. The van der Waals surface area contributed by atoms with Crippen LogP contribution in [0.5, 0.6) is 0 Å². The van der Waals surface area contributed by atoms with Crippen LogP contribution in [0.1, 0.15) is 70.7 Å². The largest absolute Gasteiger partial charge is 0.451 e. The fourth-order valence-corrected chi connectivity index (χ4v) is 7.67. The number of rotatable bonds is 1. The van der Waals surface area contributed by atoms with Gasteiger partial charge >= 0.3 is 5.97 Å². The van der Waals surface area contributed by atoms with E-state index in [-0.39, 0.29) is 36.2 Å². The Hall–Kier alpha value is -3.77. The van der Waals surface area contributed by atoms with Crippen LogP contribution in [-0.2, 0) is 33.4 Å². The van der Waals surface area contributed by atoms with E-state index < -0.39 is 56.9 Å². The monoisotopic (exact) mass is 637 g/mol. The number of nitrogens with zero attached hydrogens (tertiary/aromatic N) is 2. The quantitative estimate of drug-likeness (QED) is 0.319. The van der Waals surface area contributed by atoms with Crippen LogP contribution in [0.25, 0.3) is 17.0 Å². The zero-order valence-corrected chi connectivity index (χ0v) is 27.2. The highest BCUT2D eigenvalue weighted by atomic mass is 32.2. The highest BCUT2D eigenvalue weighted by molar-refractivity contribution is 8.00. The van der Waals surface area contributed by atoms with E-state index in [1.54, 1.807) is 26.8 Å². The normalized spacial score (nSPS) is 32.7. The summed E-state index contributed by atoms with van der Waals surface area (Å²) in [4.78, 5) is 58.8. The van der Waals surface area contributed by atoms with Gasteiger partial charge in [0.05, 0.1) is 22.7 Å². The predicted molar refractivity (Wildman–Crippen MR) is 174 cm³/mol. The number of nitrogens with one attached hydrogen (secondary N) is 3. The Morgan fingerprint density at radius 2 is 1.71 bits per heavy atom. The number of cyclic esters (lactones) is 1. The maximum atomic E-state index is 13.9. The molecule has 4 atom stereocenters. The minimum Gasteiger partial charge on any atom is -0.451 e. The summed E-state index contributed by atoms with van der Waals surface area (Å²) in [6.07, 6.45) is 4.15. The Kier molecular flexibility index (Phi) is 9.36. The number of pyridine rings is 1. The van der Waals surface area contributed by atoms with Crippen molar-refractivity contribution >= 4 is 56.1 Å². The maximum absolute atomic E-state index is 13.9. The number of hydrogen-bond donors (Lipinski definition) is 3. The van der Waals surface area contributed by atoms with E-state index in [9.17, 15) is 23.4 Å². The second-order valence-electron chi connectivity index (χ2n) is 12.9. The Balaban J connectivity index is 1.55. The van der Waals surface area contributed by atoms with Crippen LogP contribution in [0.3, 0.4) is 0 Å². The third kappa shape index (κ3) is 7.22. The highest BCUT2D eigenvalue weighted by Gasteiger charge is 2.44. The molecule has 2 fully saturated rings. The van der Waals surface area contributed by atoms with Crippen LogP contribution in [0.15, 0.2) is 36.4 Å². The number of carbonyl (C=O) groups excluding carboxylic acids is 4. The van der Waals surface area contributed by atoms with Gasteiger partial charge in [0.25, 0.3) is 11.8 Å². The first-order valence-corrected chi connectivity index (χ1v) is 17.7. The average molecular weight is 638 g/mol. The van der Waals surface area contributed by atoms with Gasteiger partial charge in [0.1, 0.15) is 12.1 Å². The van der Waals surface area contributed by atoms with Crippen LogP contribution in [0.2, 0.25) is 0 Å². The molecule has 1 aromatic heterocycles. The summed E-state index contributed by atoms with van der Waals surface area (Å²) in [7, 11) is -2.32. The Bertz CT molecular complexity index is 1620. The van der Waals surface area contributed by atoms with Crippen LogP contribution in [0, 0.1) is 11.3 Å². The van der Waals surface area contributed by atoms with Gasteiger partial charge in [-0.3, -0.25) is 33.4 Å². The van der Waals surface area contributed by atoms with E-state index >= 15 is 0 Å². The van der Waals surface area contributed by atoms with Crippen molar-refractivity contribution in [3.05, 3.63) is 47.7 Å². The van der Waals surface area contributed by atoms with E-state index in [1.165, 1.54) is 5.01 Å². The van der Waals surface area contributed by atoms with Gasteiger partial charge in [-0.25, -0.2) is 5.43 Å². The van der Waals surface area contributed by atoms with Crippen molar-refractivity contribution in [1.29, 1.82) is 0 Å². The van der Waals surface area contributed by atoms with Gasteiger partial charge in [0, 0.05) is 23.4 Å². The molecule has 4 heterocycles. The average Bonchev–Trinajstić information content (AvgIpc) is 3.01. The third-order valence-electron chi connectivity index (χ3n) is 8.98. The third-order valence-corrected chi connectivity index (χ3v) is 10.9. The molecule has 3 N–H and O–H groups in total. The molecule has 45 heavy (non-hydrogen) atoms. The highest BCUT2D eigenvalue weighted by Crippen LogP contribution is 2.37. The number of hydrazine groups is 1. The summed E-state index contributed by atoms with van der Waals surface area (Å²) in [6.45, 7) is 7.34. The number of carbonyl (C=O) groups is 4. The van der Waals surface area contributed by atoms with E-state index in [4.69, 9.17) is 9.72 Å². The lowest BCUT2D eigenvalue weighted by Crippen LogP contribution is -2.61. The van der Waals surface area contributed by atoms with Gasteiger partial charge in [-0.1, -0.05) is 44.2 Å². The molecule has 0 unspecified atom stereocenters. The molecular formula is C33H43N5O6S. The molecule has 0 aliphatic carbocycles. The molecule has 0 saturated carbocycles. The van der Waals surface area contributed by atoms with Crippen LogP contribution in [0.4, 0.5) is 0 Å². The predicted octanol–water partition coefficient (Wildman–Crippen LogP) is 2.50. The fourth-order valence-electron chi connectivity index (χ4n) is 5.99. The van der Waals surface area contributed by atoms with E-state index in [0.717, 1.165) is 16.5 Å². The minimum absolute atomic E-state index is 0.253. The van der Waals surface area contributed by atoms with Crippen molar-refractivity contribution in [2.75, 3.05) is 18.1 Å². The molecule has 242 valence electrons. The van der Waals surface area contributed by atoms with Crippen LogP contribution < -0.4 is 16.1 Å². The summed E-state index contributed by atoms with van der Waals surface area (Å²) < 4.78 is 18.7. The molecule has 2 saturated heterocycles. The van der Waals surface area contributed by atoms with Gasteiger partial charge in [-0.05, 0) is 78.5 Å². The summed E-state index contributed by atoms with van der Waals surface area (Å²) in [6, 6.07) is 7.63. The van der Waals surface area contributed by atoms with Gasteiger partial charge in [-0.15, -0.1) is 0 Å². The molecule has 0 radical (unpaired) electrons. The van der Waals surface area contributed by atoms with Gasteiger partial charge in [0.15, 0.2) is 6.10 Å². The molecule has 12 heteroatoms. The minimum atomic E-state index is -2.32. The smallest absolute Gasteiger partial charge is 0.316 e. The van der Waals surface area contributed by atoms with Crippen LogP contribution >= 0.6 is 0 Å². The van der Waals surface area contributed by atoms with Gasteiger partial charge < -0.3 is 15.4 Å². The zero-order chi connectivity index (χ0) is 32.5. The van der Waals surface area contributed by atoms with E-state index in [1.807, 2.05) is 43.3 Å². The van der Waals surface area contributed by atoms with Crippen molar-refractivity contribution in [1.82, 2.24) is 26.1 Å². The Morgan fingerprint density at radius 1 is 1.02 bits per heavy atom. The molecule has 5 bridgehead atoms. The maximum Gasteiger partial charge on any atom is 0.316 e. The second-order valence-corrected chi connectivity index (χ2v) is 15.6. The van der Waals surface area contributed by atoms with E-state index in [2.05, 4.69) is 21.9 Å². The lowest BCUT2D eigenvalue weighted by molar-refractivity contribution is -0.167. The van der Waals surface area contributed by atoms with Crippen molar-refractivity contribution in [2.24, 2.45) is 11.3 Å². The number of ether oxygens (including phenoxy) is 1. The number of amides is 3. The topological polar surface area (TPSA) is 147 Å². The van der Waals surface area contributed by atoms with Crippen molar-refractivity contribution < 1.29 is 28.1 Å². The van der Waals surface area contributed by atoms with Crippen molar-refractivity contribution in [3.8, 4) is 0 Å². The fraction of sp³-hybridized carbons (Fsp3) is 0.515. The first-order chi connectivity index (χ1) is 21.3. The summed E-state index contributed by atoms with van der Waals surface area (Å²) in [5, 5.41) is 8.02. The Labute approximate surface area is 264 Å². The molecule has 1 aromatic carbocycles.